The quantitative estimate of drug-likeness (QED) is 0.407. The zero-order valence-corrected chi connectivity index (χ0v) is 20.5. The van der Waals surface area contributed by atoms with Crippen LogP contribution in [0.3, 0.4) is 0 Å². The molecule has 0 unspecified atom stereocenters. The lowest BCUT2D eigenvalue weighted by Crippen LogP contribution is -2.23. The molecule has 0 saturated carbocycles. The van der Waals surface area contributed by atoms with Gasteiger partial charge in [-0.3, -0.25) is 14.0 Å². The lowest BCUT2D eigenvalue weighted by atomic mass is 10.1. The first kappa shape index (κ1) is 23.5. The van der Waals surface area contributed by atoms with Crippen LogP contribution in [0.15, 0.2) is 52.5 Å². The summed E-state index contributed by atoms with van der Waals surface area (Å²) >= 11 is 1.30. The normalized spacial score (nSPS) is 12.0. The van der Waals surface area contributed by atoms with Gasteiger partial charge in [0.05, 0.1) is 12.4 Å². The molecule has 0 aliphatic heterocycles. The number of methoxy groups -OCH3 is 1. The maximum atomic E-state index is 13.1. The molecular weight excluding hydrogens is 452 g/mol. The van der Waals surface area contributed by atoms with Gasteiger partial charge in [0.2, 0.25) is 5.91 Å². The number of thioether (sulfide) groups is 1. The SMILES string of the molecule is COc1ccc(NC(=O)[C@H](C)Sc2nnc(Cc3c(C)nc4ccc(C)cn4c3=O)n2C)cc1. The van der Waals surface area contributed by atoms with Gasteiger partial charge in [0.25, 0.3) is 5.56 Å². The molecule has 0 bridgehead atoms. The van der Waals surface area contributed by atoms with Gasteiger partial charge in [-0.2, -0.15) is 0 Å². The molecule has 0 fully saturated rings. The number of fused-ring (bicyclic) bond motifs is 1. The van der Waals surface area contributed by atoms with Crippen LogP contribution in [0.5, 0.6) is 5.75 Å². The highest BCUT2D eigenvalue weighted by atomic mass is 32.2. The van der Waals surface area contributed by atoms with Crippen LogP contribution < -0.4 is 15.6 Å². The summed E-state index contributed by atoms with van der Waals surface area (Å²) in [6.45, 7) is 5.57. The number of ether oxygens (including phenoxy) is 1. The number of benzene rings is 1. The maximum Gasteiger partial charge on any atom is 0.261 e. The molecule has 1 aromatic carbocycles. The summed E-state index contributed by atoms with van der Waals surface area (Å²) in [7, 11) is 3.42. The Labute approximate surface area is 201 Å². The van der Waals surface area contributed by atoms with Crippen LogP contribution in [0, 0.1) is 13.8 Å². The van der Waals surface area contributed by atoms with Gasteiger partial charge in [0.1, 0.15) is 17.2 Å². The molecule has 0 aliphatic carbocycles. The number of nitrogens with zero attached hydrogens (tertiary/aromatic N) is 5. The van der Waals surface area contributed by atoms with E-state index in [2.05, 4.69) is 20.5 Å². The van der Waals surface area contributed by atoms with Crippen molar-refractivity contribution in [3.8, 4) is 5.75 Å². The molecule has 9 nitrogen and oxygen atoms in total. The Morgan fingerprint density at radius 3 is 2.59 bits per heavy atom. The molecule has 1 N–H and O–H groups in total. The molecule has 10 heteroatoms. The molecule has 3 heterocycles. The zero-order chi connectivity index (χ0) is 24.4. The fourth-order valence-electron chi connectivity index (χ4n) is 3.49. The van der Waals surface area contributed by atoms with E-state index in [9.17, 15) is 9.59 Å². The van der Waals surface area contributed by atoms with Gasteiger partial charge in [0.15, 0.2) is 5.16 Å². The minimum Gasteiger partial charge on any atom is -0.497 e. The van der Waals surface area contributed by atoms with E-state index >= 15 is 0 Å². The van der Waals surface area contributed by atoms with E-state index < -0.39 is 5.25 Å². The van der Waals surface area contributed by atoms with Gasteiger partial charge in [-0.25, -0.2) is 4.98 Å². The number of nitrogens with one attached hydrogen (secondary N) is 1. The van der Waals surface area contributed by atoms with Gasteiger partial charge in [-0.1, -0.05) is 17.8 Å². The van der Waals surface area contributed by atoms with Crippen LogP contribution in [-0.2, 0) is 18.3 Å². The highest BCUT2D eigenvalue weighted by Gasteiger charge is 2.20. The molecule has 4 aromatic rings. The summed E-state index contributed by atoms with van der Waals surface area (Å²) in [6, 6.07) is 10.9. The van der Waals surface area contributed by atoms with Crippen molar-refractivity contribution < 1.29 is 9.53 Å². The molecule has 0 radical (unpaired) electrons. The molecule has 0 saturated heterocycles. The molecule has 4 rings (SSSR count). The number of aryl methyl sites for hydroxylation is 2. The van der Waals surface area contributed by atoms with Crippen LogP contribution in [0.25, 0.3) is 5.65 Å². The molecule has 3 aromatic heterocycles. The third-order valence-electron chi connectivity index (χ3n) is 5.54. The number of hydrogen-bond donors (Lipinski definition) is 1. The number of amides is 1. The summed E-state index contributed by atoms with van der Waals surface area (Å²) in [5.74, 6) is 1.20. The third-order valence-corrected chi connectivity index (χ3v) is 6.67. The molecule has 0 spiro atoms. The number of hydrogen-bond acceptors (Lipinski definition) is 7. The van der Waals surface area contributed by atoms with Gasteiger partial charge >= 0.3 is 0 Å². The first-order valence-corrected chi connectivity index (χ1v) is 11.6. The van der Waals surface area contributed by atoms with Crippen molar-refractivity contribution in [1.29, 1.82) is 0 Å². The maximum absolute atomic E-state index is 13.1. The number of pyridine rings is 1. The number of rotatable bonds is 7. The van der Waals surface area contributed by atoms with Crippen LogP contribution in [0.4, 0.5) is 5.69 Å². The third kappa shape index (κ3) is 4.81. The van der Waals surface area contributed by atoms with E-state index in [0.717, 1.165) is 11.3 Å². The standard InChI is InChI=1S/C24H26N6O3S/c1-14-6-11-20-25-15(2)19(23(32)30(20)13-14)12-21-27-28-24(29(21)4)34-16(3)22(31)26-17-7-9-18(33-5)10-8-17/h6-11,13,16H,12H2,1-5H3,(H,26,31)/t16-/m0/s1. The monoisotopic (exact) mass is 478 g/mol. The van der Waals surface area contributed by atoms with Crippen LogP contribution in [0.2, 0.25) is 0 Å². The number of aromatic nitrogens is 5. The Balaban J connectivity index is 1.49. The van der Waals surface area contributed by atoms with Crippen LogP contribution in [-0.4, -0.2) is 42.4 Å². The lowest BCUT2D eigenvalue weighted by Gasteiger charge is -2.12. The fourth-order valence-corrected chi connectivity index (χ4v) is 4.32. The van der Waals surface area contributed by atoms with Crippen molar-refractivity contribution in [2.24, 2.45) is 7.05 Å². The molecule has 0 aliphatic rings. The lowest BCUT2D eigenvalue weighted by molar-refractivity contribution is -0.115. The predicted octanol–water partition coefficient (Wildman–Crippen LogP) is 3.16. The minimum absolute atomic E-state index is 0.115. The summed E-state index contributed by atoms with van der Waals surface area (Å²) in [5.41, 5.74) is 3.40. The Bertz CT molecular complexity index is 1410. The second-order valence-corrected chi connectivity index (χ2v) is 9.34. The second kappa shape index (κ2) is 9.68. The van der Waals surface area contributed by atoms with Gasteiger partial charge in [-0.15, -0.1) is 10.2 Å². The topological polar surface area (TPSA) is 103 Å². The number of anilines is 1. The Morgan fingerprint density at radius 1 is 1.15 bits per heavy atom. The van der Waals surface area contributed by atoms with Crippen molar-refractivity contribution in [1.82, 2.24) is 24.1 Å². The Morgan fingerprint density at radius 2 is 1.88 bits per heavy atom. The summed E-state index contributed by atoms with van der Waals surface area (Å²) < 4.78 is 8.52. The van der Waals surface area contributed by atoms with Gasteiger partial charge in [-0.05, 0) is 56.7 Å². The van der Waals surface area contributed by atoms with Crippen molar-refractivity contribution in [2.45, 2.75) is 37.6 Å². The number of carbonyl (C=O) groups is 1. The Kier molecular flexibility index (Phi) is 6.69. The van der Waals surface area contributed by atoms with Crippen LogP contribution in [0.1, 0.15) is 29.6 Å². The van der Waals surface area contributed by atoms with Crippen molar-refractivity contribution >= 4 is 29.0 Å². The van der Waals surface area contributed by atoms with Crippen molar-refractivity contribution in [2.75, 3.05) is 12.4 Å². The second-order valence-electron chi connectivity index (χ2n) is 8.03. The first-order chi connectivity index (χ1) is 16.3. The van der Waals surface area contributed by atoms with Gasteiger partial charge < -0.3 is 14.6 Å². The van der Waals surface area contributed by atoms with Crippen LogP contribution >= 0.6 is 11.8 Å². The Hall–Kier alpha value is -3.66. The smallest absolute Gasteiger partial charge is 0.261 e. The summed E-state index contributed by atoms with van der Waals surface area (Å²) in [4.78, 5) is 30.3. The highest BCUT2D eigenvalue weighted by Crippen LogP contribution is 2.24. The fraction of sp³-hybridized carbons (Fsp3) is 0.292. The highest BCUT2D eigenvalue weighted by molar-refractivity contribution is 8.00. The zero-order valence-electron chi connectivity index (χ0n) is 19.7. The summed E-state index contributed by atoms with van der Waals surface area (Å²) in [5, 5.41) is 11.6. The average molecular weight is 479 g/mol. The van der Waals surface area contributed by atoms with E-state index in [1.807, 2.05) is 44.5 Å². The predicted molar refractivity (Wildman–Crippen MR) is 132 cm³/mol. The molecule has 34 heavy (non-hydrogen) atoms. The molecular formula is C24H26N6O3S. The largest absolute Gasteiger partial charge is 0.497 e. The molecule has 1 amide bonds. The van der Waals surface area contributed by atoms with Crippen molar-refractivity contribution in [3.63, 3.8) is 0 Å². The van der Waals surface area contributed by atoms with Gasteiger partial charge in [0, 0.05) is 36.6 Å². The van der Waals surface area contributed by atoms with E-state index in [4.69, 9.17) is 4.74 Å². The van der Waals surface area contributed by atoms with E-state index in [1.165, 1.54) is 11.8 Å². The molecule has 1 atom stereocenters. The van der Waals surface area contributed by atoms with E-state index in [-0.39, 0.29) is 11.5 Å². The summed E-state index contributed by atoms with van der Waals surface area (Å²) in [6.07, 6.45) is 2.08. The minimum atomic E-state index is -0.407. The molecule has 176 valence electrons. The average Bonchev–Trinajstić information content (AvgIpc) is 3.16. The first-order valence-electron chi connectivity index (χ1n) is 10.7. The van der Waals surface area contributed by atoms with E-state index in [0.29, 0.717) is 40.0 Å². The van der Waals surface area contributed by atoms with Crippen molar-refractivity contribution in [3.05, 3.63) is 75.6 Å². The number of carbonyl (C=O) groups excluding carboxylic acids is 1. The van der Waals surface area contributed by atoms with E-state index in [1.54, 1.807) is 42.0 Å².